The molecule has 2 saturated carbocycles. The van der Waals surface area contributed by atoms with E-state index in [2.05, 4.69) is 17.6 Å². The summed E-state index contributed by atoms with van der Waals surface area (Å²) >= 11 is 0. The summed E-state index contributed by atoms with van der Waals surface area (Å²) in [5, 5.41) is 6.56. The highest BCUT2D eigenvalue weighted by Crippen LogP contribution is 2.45. The molecule has 2 aliphatic carbocycles. The van der Waals surface area contributed by atoms with Crippen molar-refractivity contribution in [3.63, 3.8) is 0 Å². The van der Waals surface area contributed by atoms with E-state index in [0.717, 1.165) is 37.8 Å². The molecule has 1 amide bonds. The number of amides is 1. The summed E-state index contributed by atoms with van der Waals surface area (Å²) in [5.41, 5.74) is -0.0235. The second-order valence-electron chi connectivity index (χ2n) is 5.40. The van der Waals surface area contributed by atoms with Gasteiger partial charge in [0.1, 0.15) is 0 Å². The predicted molar refractivity (Wildman–Crippen MR) is 53.7 cm³/mol. The lowest BCUT2D eigenvalue weighted by Crippen LogP contribution is -2.45. The second kappa shape index (κ2) is 2.72. The Bertz CT molecular complexity index is 262. The van der Waals surface area contributed by atoms with Crippen molar-refractivity contribution in [3.8, 4) is 0 Å². The standard InChI is InChI=1S/C11H18N2O/c1-11(3-2-4-11)10(14)13-9-7-5-12-6-8(7)9/h7-9,12H,2-6H2,1H3,(H,13,14)/t7-,8+,9?. The Kier molecular flexibility index (Phi) is 1.69. The van der Waals surface area contributed by atoms with Crippen molar-refractivity contribution < 1.29 is 4.79 Å². The molecule has 3 heteroatoms. The molecule has 0 aromatic heterocycles. The van der Waals surface area contributed by atoms with E-state index < -0.39 is 0 Å². The van der Waals surface area contributed by atoms with E-state index in [4.69, 9.17) is 0 Å². The first-order valence-electron chi connectivity index (χ1n) is 5.72. The van der Waals surface area contributed by atoms with Crippen LogP contribution in [0.1, 0.15) is 26.2 Å². The van der Waals surface area contributed by atoms with Crippen LogP contribution in [0.2, 0.25) is 0 Å². The number of rotatable bonds is 2. The van der Waals surface area contributed by atoms with Crippen molar-refractivity contribution in [1.82, 2.24) is 10.6 Å². The van der Waals surface area contributed by atoms with Gasteiger partial charge >= 0.3 is 0 Å². The molecule has 1 unspecified atom stereocenters. The summed E-state index contributed by atoms with van der Waals surface area (Å²) in [6.45, 7) is 4.31. The zero-order valence-corrected chi connectivity index (χ0v) is 8.68. The first-order chi connectivity index (χ1) is 6.71. The molecule has 0 aromatic rings. The molecule has 3 fully saturated rings. The van der Waals surface area contributed by atoms with Crippen molar-refractivity contribution >= 4 is 5.91 Å². The van der Waals surface area contributed by atoms with E-state index in [1.54, 1.807) is 0 Å². The number of hydrogen-bond donors (Lipinski definition) is 2. The minimum atomic E-state index is -0.0235. The predicted octanol–water partition coefficient (Wildman–Crippen LogP) is 0.511. The summed E-state index contributed by atoms with van der Waals surface area (Å²) in [5.74, 6) is 1.79. The number of nitrogens with one attached hydrogen (secondary N) is 2. The van der Waals surface area contributed by atoms with Crippen molar-refractivity contribution in [2.45, 2.75) is 32.2 Å². The normalized spacial score (nSPS) is 42.5. The van der Waals surface area contributed by atoms with Gasteiger partial charge in [-0.1, -0.05) is 13.3 Å². The molecule has 0 aromatic carbocycles. The largest absolute Gasteiger partial charge is 0.352 e. The Morgan fingerprint density at radius 1 is 1.36 bits per heavy atom. The molecule has 0 bridgehead atoms. The molecule has 2 N–H and O–H groups in total. The minimum absolute atomic E-state index is 0.0235. The van der Waals surface area contributed by atoms with E-state index >= 15 is 0 Å². The maximum atomic E-state index is 11.9. The van der Waals surface area contributed by atoms with Crippen LogP contribution in [0.4, 0.5) is 0 Å². The third-order valence-electron chi connectivity index (χ3n) is 4.39. The maximum Gasteiger partial charge on any atom is 0.226 e. The molecule has 3 aliphatic rings. The van der Waals surface area contributed by atoms with Gasteiger partial charge in [-0.3, -0.25) is 4.79 Å². The molecule has 0 radical (unpaired) electrons. The molecule has 3 nitrogen and oxygen atoms in total. The Morgan fingerprint density at radius 3 is 2.50 bits per heavy atom. The van der Waals surface area contributed by atoms with Crippen LogP contribution in [0.25, 0.3) is 0 Å². The van der Waals surface area contributed by atoms with Gasteiger partial charge in [0.15, 0.2) is 0 Å². The van der Waals surface area contributed by atoms with Gasteiger partial charge in [-0.2, -0.15) is 0 Å². The summed E-state index contributed by atoms with van der Waals surface area (Å²) in [7, 11) is 0. The van der Waals surface area contributed by atoms with Crippen molar-refractivity contribution in [1.29, 1.82) is 0 Å². The lowest BCUT2D eigenvalue weighted by molar-refractivity contribution is -0.134. The van der Waals surface area contributed by atoms with Crippen LogP contribution in [0.3, 0.4) is 0 Å². The minimum Gasteiger partial charge on any atom is -0.352 e. The van der Waals surface area contributed by atoms with Crippen LogP contribution in [0.5, 0.6) is 0 Å². The molecule has 1 aliphatic heterocycles. The first kappa shape index (κ1) is 8.72. The van der Waals surface area contributed by atoms with E-state index in [0.29, 0.717) is 11.9 Å². The molecule has 1 saturated heterocycles. The SMILES string of the molecule is CC1(C(=O)NC2[C@H]3CNC[C@@H]23)CCC1. The quantitative estimate of drug-likeness (QED) is 0.672. The molecular weight excluding hydrogens is 176 g/mol. The van der Waals surface area contributed by atoms with Crippen molar-refractivity contribution in [3.05, 3.63) is 0 Å². The number of fused-ring (bicyclic) bond motifs is 1. The monoisotopic (exact) mass is 194 g/mol. The van der Waals surface area contributed by atoms with Gasteiger partial charge < -0.3 is 10.6 Å². The van der Waals surface area contributed by atoms with E-state index in [1.165, 1.54) is 6.42 Å². The van der Waals surface area contributed by atoms with Crippen LogP contribution >= 0.6 is 0 Å². The molecule has 14 heavy (non-hydrogen) atoms. The van der Waals surface area contributed by atoms with Crippen LogP contribution < -0.4 is 10.6 Å². The molecule has 0 spiro atoms. The Hall–Kier alpha value is -0.570. The first-order valence-corrected chi connectivity index (χ1v) is 5.72. The van der Waals surface area contributed by atoms with Crippen LogP contribution in [-0.4, -0.2) is 25.0 Å². The third kappa shape index (κ3) is 1.11. The van der Waals surface area contributed by atoms with E-state index in [-0.39, 0.29) is 5.41 Å². The van der Waals surface area contributed by atoms with Crippen molar-refractivity contribution in [2.75, 3.05) is 13.1 Å². The lowest BCUT2D eigenvalue weighted by Gasteiger charge is -2.36. The van der Waals surface area contributed by atoms with Crippen LogP contribution in [0, 0.1) is 17.3 Å². The van der Waals surface area contributed by atoms with Gasteiger partial charge in [0, 0.05) is 24.5 Å². The highest BCUT2D eigenvalue weighted by molar-refractivity contribution is 5.83. The summed E-state index contributed by atoms with van der Waals surface area (Å²) < 4.78 is 0. The highest BCUT2D eigenvalue weighted by Gasteiger charge is 2.55. The number of carbonyl (C=O) groups is 1. The smallest absolute Gasteiger partial charge is 0.226 e. The number of carbonyl (C=O) groups excluding carboxylic acids is 1. The Labute approximate surface area is 84.6 Å². The van der Waals surface area contributed by atoms with Gasteiger partial charge in [-0.05, 0) is 24.7 Å². The fourth-order valence-electron chi connectivity index (χ4n) is 2.89. The highest BCUT2D eigenvalue weighted by atomic mass is 16.2. The third-order valence-corrected chi connectivity index (χ3v) is 4.39. The van der Waals surface area contributed by atoms with Crippen LogP contribution in [-0.2, 0) is 4.79 Å². The maximum absolute atomic E-state index is 11.9. The second-order valence-corrected chi connectivity index (χ2v) is 5.40. The summed E-state index contributed by atoms with van der Waals surface area (Å²) in [4.78, 5) is 11.9. The van der Waals surface area contributed by atoms with Crippen LogP contribution in [0.15, 0.2) is 0 Å². The van der Waals surface area contributed by atoms with E-state index in [1.807, 2.05) is 0 Å². The molecule has 1 heterocycles. The molecular formula is C11H18N2O. The fraction of sp³-hybridized carbons (Fsp3) is 0.909. The molecule has 78 valence electrons. The van der Waals surface area contributed by atoms with Gasteiger partial charge in [0.2, 0.25) is 5.91 Å². The summed E-state index contributed by atoms with van der Waals surface area (Å²) in [6, 6.07) is 0.501. The number of piperidine rings is 1. The van der Waals surface area contributed by atoms with E-state index in [9.17, 15) is 4.79 Å². The lowest BCUT2D eigenvalue weighted by atomic mass is 9.70. The molecule has 3 atom stereocenters. The number of hydrogen-bond acceptors (Lipinski definition) is 2. The zero-order valence-electron chi connectivity index (χ0n) is 8.68. The fourth-order valence-corrected chi connectivity index (χ4v) is 2.89. The molecule has 3 rings (SSSR count). The average molecular weight is 194 g/mol. The Morgan fingerprint density at radius 2 is 2.00 bits per heavy atom. The van der Waals surface area contributed by atoms with Gasteiger partial charge in [-0.15, -0.1) is 0 Å². The average Bonchev–Trinajstić information content (AvgIpc) is 2.62. The summed E-state index contributed by atoms with van der Waals surface area (Å²) in [6.07, 6.45) is 3.39. The topological polar surface area (TPSA) is 41.1 Å². The van der Waals surface area contributed by atoms with Gasteiger partial charge in [0.25, 0.3) is 0 Å². The van der Waals surface area contributed by atoms with Gasteiger partial charge in [-0.25, -0.2) is 0 Å². The van der Waals surface area contributed by atoms with Gasteiger partial charge in [0.05, 0.1) is 0 Å². The zero-order chi connectivity index (χ0) is 9.76. The Balaban J connectivity index is 1.56. The van der Waals surface area contributed by atoms with Crippen molar-refractivity contribution in [2.24, 2.45) is 17.3 Å².